The Morgan fingerprint density at radius 2 is 2.24 bits per heavy atom. The lowest BCUT2D eigenvalue weighted by Gasteiger charge is -2.21. The highest BCUT2D eigenvalue weighted by molar-refractivity contribution is 5.46. The molecule has 0 radical (unpaired) electrons. The second kappa shape index (κ2) is 7.56. The Morgan fingerprint density at radius 3 is 2.86 bits per heavy atom. The molecule has 0 bridgehead atoms. The van der Waals surface area contributed by atoms with Gasteiger partial charge in [-0.15, -0.1) is 0 Å². The molecule has 4 nitrogen and oxygen atoms in total. The standard InChI is InChI=1S/C15H21F2NO3/c1-10(12-7-4-8-20-12)18-9-11-5-3-6-13(19-2)14(11)21-15(16)17/h3,5-6,10,12,15,18H,4,7-9H2,1-2H3. The van der Waals surface area contributed by atoms with Crippen molar-refractivity contribution >= 4 is 0 Å². The molecule has 0 spiro atoms. The Morgan fingerprint density at radius 1 is 1.43 bits per heavy atom. The van der Waals surface area contributed by atoms with Crippen molar-refractivity contribution in [3.8, 4) is 11.5 Å². The lowest BCUT2D eigenvalue weighted by Crippen LogP contribution is -2.36. The molecule has 1 aliphatic heterocycles. The quantitative estimate of drug-likeness (QED) is 0.840. The summed E-state index contributed by atoms with van der Waals surface area (Å²) in [5.74, 6) is 0.390. The number of hydrogen-bond donors (Lipinski definition) is 1. The molecular formula is C15H21F2NO3. The number of para-hydroxylation sites is 1. The zero-order chi connectivity index (χ0) is 15.2. The Hall–Kier alpha value is -1.40. The fourth-order valence-corrected chi connectivity index (χ4v) is 2.48. The number of rotatable bonds is 7. The minimum Gasteiger partial charge on any atom is -0.493 e. The van der Waals surface area contributed by atoms with Crippen molar-refractivity contribution in [2.45, 2.75) is 45.1 Å². The predicted octanol–water partition coefficient (Wildman–Crippen LogP) is 2.95. The average molecular weight is 301 g/mol. The van der Waals surface area contributed by atoms with Crippen molar-refractivity contribution in [1.29, 1.82) is 0 Å². The van der Waals surface area contributed by atoms with E-state index in [-0.39, 0.29) is 17.9 Å². The van der Waals surface area contributed by atoms with Crippen LogP contribution in [0.4, 0.5) is 8.78 Å². The molecule has 0 aromatic heterocycles. The molecule has 1 heterocycles. The van der Waals surface area contributed by atoms with Gasteiger partial charge in [-0.2, -0.15) is 8.78 Å². The third-order valence-corrected chi connectivity index (χ3v) is 3.62. The van der Waals surface area contributed by atoms with Crippen LogP contribution in [0.25, 0.3) is 0 Å². The topological polar surface area (TPSA) is 39.7 Å². The van der Waals surface area contributed by atoms with Crippen molar-refractivity contribution in [2.75, 3.05) is 13.7 Å². The van der Waals surface area contributed by atoms with Crippen LogP contribution in [0.2, 0.25) is 0 Å². The zero-order valence-electron chi connectivity index (χ0n) is 12.3. The second-order valence-electron chi connectivity index (χ2n) is 5.05. The van der Waals surface area contributed by atoms with Gasteiger partial charge in [0.15, 0.2) is 11.5 Å². The molecule has 1 aromatic rings. The van der Waals surface area contributed by atoms with Gasteiger partial charge in [-0.1, -0.05) is 12.1 Å². The van der Waals surface area contributed by atoms with Crippen LogP contribution in [-0.2, 0) is 11.3 Å². The van der Waals surface area contributed by atoms with Gasteiger partial charge in [-0.3, -0.25) is 0 Å². The maximum absolute atomic E-state index is 12.5. The van der Waals surface area contributed by atoms with E-state index in [1.54, 1.807) is 18.2 Å². The van der Waals surface area contributed by atoms with Crippen molar-refractivity contribution < 1.29 is 23.0 Å². The van der Waals surface area contributed by atoms with Gasteiger partial charge < -0.3 is 19.5 Å². The number of hydrogen-bond acceptors (Lipinski definition) is 4. The first-order chi connectivity index (χ1) is 10.1. The first-order valence-corrected chi connectivity index (χ1v) is 7.07. The van der Waals surface area contributed by atoms with Gasteiger partial charge in [0.25, 0.3) is 0 Å². The average Bonchev–Trinajstić information content (AvgIpc) is 2.99. The van der Waals surface area contributed by atoms with Crippen molar-refractivity contribution in [2.24, 2.45) is 0 Å². The van der Waals surface area contributed by atoms with Crippen LogP contribution in [0.1, 0.15) is 25.3 Å². The largest absolute Gasteiger partial charge is 0.493 e. The van der Waals surface area contributed by atoms with Gasteiger partial charge in [0.05, 0.1) is 13.2 Å². The van der Waals surface area contributed by atoms with Crippen LogP contribution < -0.4 is 14.8 Å². The van der Waals surface area contributed by atoms with Gasteiger partial charge >= 0.3 is 6.61 Å². The van der Waals surface area contributed by atoms with Crippen molar-refractivity contribution in [1.82, 2.24) is 5.32 Å². The summed E-state index contributed by atoms with van der Waals surface area (Å²) in [6.07, 6.45) is 2.26. The van der Waals surface area contributed by atoms with E-state index in [1.165, 1.54) is 7.11 Å². The van der Waals surface area contributed by atoms with Crippen molar-refractivity contribution in [3.63, 3.8) is 0 Å². The molecule has 0 amide bonds. The summed E-state index contributed by atoms with van der Waals surface area (Å²) >= 11 is 0. The molecule has 1 N–H and O–H groups in total. The van der Waals surface area contributed by atoms with E-state index in [0.717, 1.165) is 19.4 Å². The second-order valence-corrected chi connectivity index (χ2v) is 5.05. The number of nitrogens with one attached hydrogen (secondary N) is 1. The predicted molar refractivity (Wildman–Crippen MR) is 74.9 cm³/mol. The molecule has 1 fully saturated rings. The Kier molecular flexibility index (Phi) is 5.76. The smallest absolute Gasteiger partial charge is 0.387 e. The molecule has 1 aliphatic rings. The fourth-order valence-electron chi connectivity index (χ4n) is 2.48. The van der Waals surface area contributed by atoms with Gasteiger partial charge in [0.2, 0.25) is 0 Å². The zero-order valence-corrected chi connectivity index (χ0v) is 12.3. The Bertz CT molecular complexity index is 451. The maximum atomic E-state index is 12.5. The van der Waals surface area contributed by atoms with Gasteiger partial charge in [0.1, 0.15) is 0 Å². The highest BCUT2D eigenvalue weighted by Gasteiger charge is 2.22. The van der Waals surface area contributed by atoms with E-state index in [2.05, 4.69) is 10.1 Å². The van der Waals surface area contributed by atoms with E-state index in [4.69, 9.17) is 9.47 Å². The van der Waals surface area contributed by atoms with Gasteiger partial charge in [-0.25, -0.2) is 0 Å². The molecule has 2 atom stereocenters. The third kappa shape index (κ3) is 4.28. The van der Waals surface area contributed by atoms with Crippen LogP contribution in [0.3, 0.4) is 0 Å². The van der Waals surface area contributed by atoms with Crippen molar-refractivity contribution in [3.05, 3.63) is 23.8 Å². The van der Waals surface area contributed by atoms with E-state index < -0.39 is 6.61 Å². The Labute approximate surface area is 123 Å². The summed E-state index contributed by atoms with van der Waals surface area (Å²) in [6.45, 7) is 0.357. The number of halogens is 2. The monoisotopic (exact) mass is 301 g/mol. The number of ether oxygens (including phenoxy) is 3. The van der Waals surface area contributed by atoms with E-state index >= 15 is 0 Å². The molecule has 1 saturated heterocycles. The minimum atomic E-state index is -2.88. The molecule has 21 heavy (non-hydrogen) atoms. The Balaban J connectivity index is 2.04. The van der Waals surface area contributed by atoms with Crippen LogP contribution in [0.5, 0.6) is 11.5 Å². The normalized spacial score (nSPS) is 19.8. The highest BCUT2D eigenvalue weighted by Crippen LogP contribution is 2.32. The van der Waals surface area contributed by atoms with Gasteiger partial charge in [0, 0.05) is 24.8 Å². The first kappa shape index (κ1) is 16.0. The summed E-state index contributed by atoms with van der Waals surface area (Å²) in [7, 11) is 1.43. The van der Waals surface area contributed by atoms with Gasteiger partial charge in [-0.05, 0) is 25.8 Å². The lowest BCUT2D eigenvalue weighted by molar-refractivity contribution is -0.0519. The fraction of sp³-hybridized carbons (Fsp3) is 0.600. The lowest BCUT2D eigenvalue weighted by atomic mass is 10.1. The molecule has 1 aromatic carbocycles. The highest BCUT2D eigenvalue weighted by atomic mass is 19.3. The summed E-state index contributed by atoms with van der Waals surface area (Å²) in [4.78, 5) is 0. The molecule has 0 aliphatic carbocycles. The molecule has 0 saturated carbocycles. The third-order valence-electron chi connectivity index (χ3n) is 3.62. The van der Waals surface area contributed by atoms with E-state index in [9.17, 15) is 8.78 Å². The summed E-state index contributed by atoms with van der Waals surface area (Å²) in [6, 6.07) is 5.25. The van der Waals surface area contributed by atoms with Crippen LogP contribution in [-0.4, -0.2) is 32.5 Å². The van der Waals surface area contributed by atoms with Crippen LogP contribution >= 0.6 is 0 Å². The molecule has 118 valence electrons. The molecular weight excluding hydrogens is 280 g/mol. The van der Waals surface area contributed by atoms with Crippen LogP contribution in [0.15, 0.2) is 18.2 Å². The van der Waals surface area contributed by atoms with E-state index in [1.807, 2.05) is 6.92 Å². The summed E-state index contributed by atoms with van der Waals surface area (Å²) in [5, 5.41) is 3.30. The minimum absolute atomic E-state index is 0.0852. The SMILES string of the molecule is COc1cccc(CNC(C)C2CCCO2)c1OC(F)F. The molecule has 6 heteroatoms. The molecule has 2 rings (SSSR count). The maximum Gasteiger partial charge on any atom is 0.387 e. The summed E-state index contributed by atoms with van der Waals surface area (Å²) in [5.41, 5.74) is 0.638. The number of methoxy groups -OCH3 is 1. The summed E-state index contributed by atoms with van der Waals surface area (Å²) < 4.78 is 40.4. The van der Waals surface area contributed by atoms with Crippen LogP contribution in [0, 0.1) is 0 Å². The number of alkyl halides is 2. The first-order valence-electron chi connectivity index (χ1n) is 7.07. The van der Waals surface area contributed by atoms with E-state index in [0.29, 0.717) is 17.9 Å². The molecule has 2 unspecified atom stereocenters. The number of benzene rings is 1.